The van der Waals surface area contributed by atoms with Gasteiger partial charge in [0.25, 0.3) is 0 Å². The van der Waals surface area contributed by atoms with E-state index in [1.165, 1.54) is 0 Å². The first-order valence-electron chi connectivity index (χ1n) is 6.92. The van der Waals surface area contributed by atoms with E-state index < -0.39 is 5.79 Å². The highest BCUT2D eigenvalue weighted by atomic mass is 16.7. The van der Waals surface area contributed by atoms with Crippen LogP contribution >= 0.6 is 0 Å². The van der Waals surface area contributed by atoms with Crippen molar-refractivity contribution in [3.05, 3.63) is 0 Å². The molecule has 6 nitrogen and oxygen atoms in total. The lowest BCUT2D eigenvalue weighted by atomic mass is 10.0. The van der Waals surface area contributed by atoms with Crippen molar-refractivity contribution in [3.63, 3.8) is 0 Å². The Morgan fingerprint density at radius 1 is 1.47 bits per heavy atom. The fourth-order valence-electron chi connectivity index (χ4n) is 2.75. The standard InChI is InChI=1S/C13H24N2O4/c1-11(9-17-2)14-12(16)8-15-5-3-4-13(10-15)18-6-7-19-13/h11H,3-10H2,1-2H3,(H,14,16). The number of carbonyl (C=O) groups is 1. The van der Waals surface area contributed by atoms with Crippen LogP contribution in [0.15, 0.2) is 0 Å². The fraction of sp³-hybridized carbons (Fsp3) is 0.923. The molecule has 0 radical (unpaired) electrons. The van der Waals surface area contributed by atoms with Crippen LogP contribution in [0.25, 0.3) is 0 Å². The van der Waals surface area contributed by atoms with Crippen LogP contribution in [0.1, 0.15) is 19.8 Å². The summed E-state index contributed by atoms with van der Waals surface area (Å²) in [4.78, 5) is 14.0. The Morgan fingerprint density at radius 2 is 2.21 bits per heavy atom. The minimum absolute atomic E-state index is 0.0274. The molecule has 0 aromatic carbocycles. The van der Waals surface area contributed by atoms with Gasteiger partial charge >= 0.3 is 0 Å². The molecule has 0 saturated carbocycles. The van der Waals surface area contributed by atoms with E-state index in [9.17, 15) is 4.79 Å². The zero-order valence-electron chi connectivity index (χ0n) is 11.8. The molecule has 2 rings (SSSR count). The Hall–Kier alpha value is -0.690. The van der Waals surface area contributed by atoms with Crippen LogP contribution in [0.4, 0.5) is 0 Å². The number of amides is 1. The molecule has 0 aliphatic carbocycles. The van der Waals surface area contributed by atoms with Crippen molar-refractivity contribution in [1.82, 2.24) is 10.2 Å². The molecule has 0 aromatic rings. The van der Waals surface area contributed by atoms with Gasteiger partial charge in [0, 0.05) is 19.6 Å². The van der Waals surface area contributed by atoms with E-state index in [0.717, 1.165) is 19.4 Å². The van der Waals surface area contributed by atoms with Gasteiger partial charge in [-0.15, -0.1) is 0 Å². The Kier molecular flexibility index (Phi) is 5.15. The van der Waals surface area contributed by atoms with Crippen molar-refractivity contribution in [3.8, 4) is 0 Å². The van der Waals surface area contributed by atoms with Gasteiger partial charge in [-0.1, -0.05) is 0 Å². The first-order valence-corrected chi connectivity index (χ1v) is 6.92. The Labute approximate surface area is 114 Å². The largest absolute Gasteiger partial charge is 0.383 e. The number of hydrogen-bond acceptors (Lipinski definition) is 5. The lowest BCUT2D eigenvalue weighted by Crippen LogP contribution is -2.52. The molecule has 1 spiro atoms. The third kappa shape index (κ3) is 4.14. The second-order valence-electron chi connectivity index (χ2n) is 5.35. The van der Waals surface area contributed by atoms with Crippen LogP contribution in [0.5, 0.6) is 0 Å². The molecule has 2 fully saturated rings. The number of ether oxygens (including phenoxy) is 3. The maximum absolute atomic E-state index is 11.9. The van der Waals surface area contributed by atoms with E-state index in [2.05, 4.69) is 10.2 Å². The summed E-state index contributed by atoms with van der Waals surface area (Å²) in [5.74, 6) is -0.434. The third-order valence-electron chi connectivity index (χ3n) is 3.50. The predicted octanol–water partition coefficient (Wildman–Crippen LogP) is -0.0236. The molecule has 110 valence electrons. The Morgan fingerprint density at radius 3 is 2.89 bits per heavy atom. The number of likely N-dealkylation sites (tertiary alicyclic amines) is 1. The molecular formula is C13H24N2O4. The molecule has 1 atom stereocenters. The van der Waals surface area contributed by atoms with Crippen molar-refractivity contribution >= 4 is 5.91 Å². The van der Waals surface area contributed by atoms with Crippen molar-refractivity contribution in [1.29, 1.82) is 0 Å². The quantitative estimate of drug-likeness (QED) is 0.762. The first kappa shape index (κ1) is 14.7. The summed E-state index contributed by atoms with van der Waals surface area (Å²) in [5.41, 5.74) is 0. The maximum Gasteiger partial charge on any atom is 0.234 e. The SMILES string of the molecule is COCC(C)NC(=O)CN1CCCC2(C1)OCCO2. The van der Waals surface area contributed by atoms with Gasteiger partial charge in [-0.2, -0.15) is 0 Å². The summed E-state index contributed by atoms with van der Waals surface area (Å²) < 4.78 is 16.4. The number of nitrogens with one attached hydrogen (secondary N) is 1. The Bertz CT molecular complexity index is 305. The van der Waals surface area contributed by atoms with Gasteiger partial charge in [-0.25, -0.2) is 0 Å². The van der Waals surface area contributed by atoms with Gasteiger partial charge in [-0.05, 0) is 19.9 Å². The second-order valence-corrected chi connectivity index (χ2v) is 5.35. The number of methoxy groups -OCH3 is 1. The van der Waals surface area contributed by atoms with Gasteiger partial charge < -0.3 is 19.5 Å². The van der Waals surface area contributed by atoms with Gasteiger partial charge in [0.2, 0.25) is 5.91 Å². The summed E-state index contributed by atoms with van der Waals surface area (Å²) >= 11 is 0. The minimum Gasteiger partial charge on any atom is -0.383 e. The first-order chi connectivity index (χ1) is 9.13. The van der Waals surface area contributed by atoms with Gasteiger partial charge in [-0.3, -0.25) is 9.69 Å². The molecule has 2 aliphatic heterocycles. The fourth-order valence-corrected chi connectivity index (χ4v) is 2.75. The lowest BCUT2D eigenvalue weighted by Gasteiger charge is -2.38. The predicted molar refractivity (Wildman–Crippen MR) is 69.8 cm³/mol. The van der Waals surface area contributed by atoms with Crippen LogP contribution < -0.4 is 5.32 Å². The third-order valence-corrected chi connectivity index (χ3v) is 3.50. The highest BCUT2D eigenvalue weighted by molar-refractivity contribution is 5.78. The number of rotatable bonds is 5. The number of nitrogens with zero attached hydrogens (tertiary/aromatic N) is 1. The maximum atomic E-state index is 11.9. The molecule has 1 amide bonds. The van der Waals surface area contributed by atoms with E-state index >= 15 is 0 Å². The van der Waals surface area contributed by atoms with E-state index in [4.69, 9.17) is 14.2 Å². The zero-order chi connectivity index (χ0) is 13.7. The average Bonchev–Trinajstić information content (AvgIpc) is 2.77. The summed E-state index contributed by atoms with van der Waals surface area (Å²) in [6.45, 7) is 5.77. The number of hydrogen-bond donors (Lipinski definition) is 1. The number of piperidine rings is 1. The minimum atomic E-state index is -0.462. The normalized spacial score (nSPS) is 24.5. The molecule has 6 heteroatoms. The highest BCUT2D eigenvalue weighted by Crippen LogP contribution is 2.29. The van der Waals surface area contributed by atoms with Crippen molar-refractivity contribution in [2.24, 2.45) is 0 Å². The molecule has 19 heavy (non-hydrogen) atoms. The number of carbonyl (C=O) groups excluding carboxylic acids is 1. The summed E-state index contributed by atoms with van der Waals surface area (Å²) in [7, 11) is 1.63. The Balaban J connectivity index is 1.77. The van der Waals surface area contributed by atoms with Crippen molar-refractivity contribution < 1.29 is 19.0 Å². The molecule has 0 bridgehead atoms. The van der Waals surface area contributed by atoms with Gasteiger partial charge in [0.1, 0.15) is 0 Å². The molecule has 2 aliphatic rings. The summed E-state index contributed by atoms with van der Waals surface area (Å²) in [5, 5.41) is 2.92. The molecule has 2 saturated heterocycles. The topological polar surface area (TPSA) is 60.0 Å². The van der Waals surface area contributed by atoms with Crippen LogP contribution in [0.2, 0.25) is 0 Å². The zero-order valence-corrected chi connectivity index (χ0v) is 11.8. The highest BCUT2D eigenvalue weighted by Gasteiger charge is 2.40. The van der Waals surface area contributed by atoms with E-state index in [1.54, 1.807) is 7.11 Å². The smallest absolute Gasteiger partial charge is 0.234 e. The monoisotopic (exact) mass is 272 g/mol. The summed E-state index contributed by atoms with van der Waals surface area (Å²) in [6, 6.07) is 0.0373. The van der Waals surface area contributed by atoms with Crippen molar-refractivity contribution in [2.75, 3.05) is 46.6 Å². The average molecular weight is 272 g/mol. The van der Waals surface area contributed by atoms with E-state index in [1.807, 2.05) is 6.92 Å². The van der Waals surface area contributed by atoms with Crippen LogP contribution in [0.3, 0.4) is 0 Å². The summed E-state index contributed by atoms with van der Waals surface area (Å²) in [6.07, 6.45) is 1.92. The van der Waals surface area contributed by atoms with Crippen molar-refractivity contribution in [2.45, 2.75) is 31.6 Å². The van der Waals surface area contributed by atoms with Gasteiger partial charge in [0.05, 0.1) is 32.9 Å². The van der Waals surface area contributed by atoms with Crippen LogP contribution in [-0.4, -0.2) is 69.2 Å². The van der Waals surface area contributed by atoms with E-state index in [-0.39, 0.29) is 11.9 Å². The molecule has 0 aromatic heterocycles. The van der Waals surface area contributed by atoms with E-state index in [0.29, 0.717) is 32.9 Å². The molecule has 1 N–H and O–H groups in total. The molecular weight excluding hydrogens is 248 g/mol. The lowest BCUT2D eigenvalue weighted by molar-refractivity contribution is -0.189. The molecule has 1 unspecified atom stereocenters. The van der Waals surface area contributed by atoms with Crippen LogP contribution in [0, 0.1) is 0 Å². The molecule has 2 heterocycles. The second kappa shape index (κ2) is 6.65. The van der Waals surface area contributed by atoms with Gasteiger partial charge in [0.15, 0.2) is 5.79 Å². The van der Waals surface area contributed by atoms with Crippen LogP contribution in [-0.2, 0) is 19.0 Å².